The van der Waals surface area contributed by atoms with Crippen LogP contribution in [0.15, 0.2) is 45.6 Å². The number of hydrogen-bond acceptors (Lipinski definition) is 5. The summed E-state index contributed by atoms with van der Waals surface area (Å²) in [6, 6.07) is 10.0. The van der Waals surface area contributed by atoms with Crippen molar-refractivity contribution >= 4 is 40.1 Å². The number of rotatable bonds is 4. The molecule has 2 aromatic carbocycles. The normalized spacial score (nSPS) is 19.0. The Hall–Kier alpha value is -2.38. The van der Waals surface area contributed by atoms with E-state index in [9.17, 15) is 9.59 Å². The average Bonchev–Trinajstić information content (AvgIpc) is 3.06. The second-order valence-electron chi connectivity index (χ2n) is 8.18. The third-order valence-electron chi connectivity index (χ3n) is 6.17. The molecular formula is C24H22Cl2N2O4. The Balaban J connectivity index is 1.63. The van der Waals surface area contributed by atoms with Crippen LogP contribution in [-0.4, -0.2) is 55.1 Å². The second kappa shape index (κ2) is 8.52. The van der Waals surface area contributed by atoms with Crippen LogP contribution < -0.4 is 5.43 Å². The molecule has 0 bridgehead atoms. The van der Waals surface area contributed by atoms with Crippen LogP contribution in [-0.2, 0) is 4.74 Å². The molecule has 1 saturated heterocycles. The molecule has 2 aliphatic heterocycles. The molecule has 0 N–H and O–H groups in total. The number of carbonyl (C=O) groups excluding carboxylic acids is 1. The minimum absolute atomic E-state index is 0.0937. The molecule has 1 unspecified atom stereocenters. The van der Waals surface area contributed by atoms with Crippen molar-refractivity contribution in [3.63, 3.8) is 0 Å². The number of hydrogen-bond donors (Lipinski definition) is 0. The first kappa shape index (κ1) is 21.5. The molecule has 6 nitrogen and oxygen atoms in total. The summed E-state index contributed by atoms with van der Waals surface area (Å²) in [7, 11) is 0. The summed E-state index contributed by atoms with van der Waals surface area (Å²) in [5, 5.41) is 1.40. The van der Waals surface area contributed by atoms with E-state index in [-0.39, 0.29) is 17.1 Å². The van der Waals surface area contributed by atoms with E-state index in [2.05, 4.69) is 4.90 Å². The summed E-state index contributed by atoms with van der Waals surface area (Å²) >= 11 is 12.5. The average molecular weight is 473 g/mol. The highest BCUT2D eigenvalue weighted by molar-refractivity contribution is 6.32. The minimum atomic E-state index is -0.571. The van der Waals surface area contributed by atoms with Crippen molar-refractivity contribution in [2.45, 2.75) is 13.0 Å². The fourth-order valence-corrected chi connectivity index (χ4v) is 4.83. The maximum atomic E-state index is 13.6. The molecular weight excluding hydrogens is 451 g/mol. The number of halogens is 2. The van der Waals surface area contributed by atoms with Gasteiger partial charge >= 0.3 is 0 Å². The van der Waals surface area contributed by atoms with Crippen LogP contribution in [0, 0.1) is 6.92 Å². The standard InChI is InChI=1S/C24H22Cl2N2O4/c1-14-11-19-17(13-18(14)26)22(29)20-21(15-3-2-4-16(25)12-15)28(24(30)23(20)32-19)6-5-27-7-9-31-10-8-27/h2-4,11-13,21H,5-10H2,1H3. The first-order valence-electron chi connectivity index (χ1n) is 10.6. The maximum Gasteiger partial charge on any atom is 0.290 e. The van der Waals surface area contributed by atoms with E-state index in [0.717, 1.165) is 24.2 Å². The third-order valence-corrected chi connectivity index (χ3v) is 6.81. The van der Waals surface area contributed by atoms with Crippen molar-refractivity contribution < 1.29 is 13.9 Å². The molecule has 1 amide bonds. The molecule has 1 atom stereocenters. The molecule has 3 aromatic rings. The van der Waals surface area contributed by atoms with Crippen LogP contribution in [0.5, 0.6) is 0 Å². The van der Waals surface area contributed by atoms with Crippen molar-refractivity contribution in [2.75, 3.05) is 39.4 Å². The number of fused-ring (bicyclic) bond motifs is 2. The summed E-state index contributed by atoms with van der Waals surface area (Å²) in [6.07, 6.45) is 0. The molecule has 0 radical (unpaired) electrons. The lowest BCUT2D eigenvalue weighted by atomic mass is 9.98. The molecule has 8 heteroatoms. The van der Waals surface area contributed by atoms with Gasteiger partial charge in [-0.05, 0) is 42.3 Å². The zero-order valence-corrected chi connectivity index (χ0v) is 19.1. The second-order valence-corrected chi connectivity index (χ2v) is 9.03. The van der Waals surface area contributed by atoms with E-state index in [1.807, 2.05) is 19.1 Å². The summed E-state index contributed by atoms with van der Waals surface area (Å²) in [5.74, 6) is -0.194. The van der Waals surface area contributed by atoms with E-state index < -0.39 is 6.04 Å². The molecule has 1 fully saturated rings. The van der Waals surface area contributed by atoms with Gasteiger partial charge < -0.3 is 14.1 Å². The van der Waals surface area contributed by atoms with Gasteiger partial charge in [-0.3, -0.25) is 14.5 Å². The van der Waals surface area contributed by atoms with Gasteiger partial charge in [-0.25, -0.2) is 0 Å². The Morgan fingerprint density at radius 1 is 1.06 bits per heavy atom. The van der Waals surface area contributed by atoms with Gasteiger partial charge in [-0.1, -0.05) is 35.3 Å². The van der Waals surface area contributed by atoms with Crippen molar-refractivity contribution in [1.82, 2.24) is 9.80 Å². The van der Waals surface area contributed by atoms with E-state index in [1.54, 1.807) is 29.2 Å². The molecule has 32 heavy (non-hydrogen) atoms. The summed E-state index contributed by atoms with van der Waals surface area (Å²) in [6.45, 7) is 5.95. The van der Waals surface area contributed by atoms with Crippen molar-refractivity contribution in [3.05, 3.63) is 79.1 Å². The first-order valence-corrected chi connectivity index (χ1v) is 11.3. The molecule has 5 rings (SSSR count). The van der Waals surface area contributed by atoms with Gasteiger partial charge in [0.25, 0.3) is 5.91 Å². The highest BCUT2D eigenvalue weighted by atomic mass is 35.5. The topological polar surface area (TPSA) is 63.0 Å². The number of aryl methyl sites for hydroxylation is 1. The predicted molar refractivity (Wildman–Crippen MR) is 124 cm³/mol. The quantitative estimate of drug-likeness (QED) is 0.566. The number of amides is 1. The van der Waals surface area contributed by atoms with Crippen LogP contribution >= 0.6 is 23.2 Å². The number of ether oxygens (including phenoxy) is 1. The van der Waals surface area contributed by atoms with Crippen molar-refractivity contribution in [3.8, 4) is 0 Å². The molecule has 2 aliphatic rings. The van der Waals surface area contributed by atoms with Crippen LogP contribution in [0.4, 0.5) is 0 Å². The van der Waals surface area contributed by atoms with Gasteiger partial charge in [0.1, 0.15) is 5.58 Å². The van der Waals surface area contributed by atoms with E-state index in [4.69, 9.17) is 32.4 Å². The summed E-state index contributed by atoms with van der Waals surface area (Å²) in [4.78, 5) is 31.0. The Morgan fingerprint density at radius 3 is 2.59 bits per heavy atom. The highest BCUT2D eigenvalue weighted by Crippen LogP contribution is 2.39. The number of benzene rings is 2. The largest absolute Gasteiger partial charge is 0.450 e. The van der Waals surface area contributed by atoms with Crippen LogP contribution in [0.3, 0.4) is 0 Å². The van der Waals surface area contributed by atoms with Crippen LogP contribution in [0.2, 0.25) is 10.0 Å². The smallest absolute Gasteiger partial charge is 0.290 e. The number of carbonyl (C=O) groups is 1. The summed E-state index contributed by atoms with van der Waals surface area (Å²) < 4.78 is 11.4. The Labute approximate surface area is 195 Å². The van der Waals surface area contributed by atoms with E-state index in [0.29, 0.717) is 52.9 Å². The molecule has 0 aliphatic carbocycles. The predicted octanol–water partition coefficient (Wildman–Crippen LogP) is 4.29. The van der Waals surface area contributed by atoms with Crippen LogP contribution in [0.25, 0.3) is 11.0 Å². The van der Waals surface area contributed by atoms with Crippen molar-refractivity contribution in [1.29, 1.82) is 0 Å². The van der Waals surface area contributed by atoms with Crippen LogP contribution in [0.1, 0.15) is 33.3 Å². The minimum Gasteiger partial charge on any atom is -0.450 e. The number of morpholine rings is 1. The fraction of sp³-hybridized carbons (Fsp3) is 0.333. The first-order chi connectivity index (χ1) is 15.4. The maximum absolute atomic E-state index is 13.6. The highest BCUT2D eigenvalue weighted by Gasteiger charge is 2.42. The molecule has 0 spiro atoms. The van der Waals surface area contributed by atoms with Gasteiger partial charge in [0, 0.05) is 36.2 Å². The molecule has 166 valence electrons. The summed E-state index contributed by atoms with van der Waals surface area (Å²) in [5.41, 5.74) is 2.02. The SMILES string of the molecule is Cc1cc2oc3c(c(=O)c2cc1Cl)C(c1cccc(Cl)c1)N(CCN1CCOCC1)C3=O. The van der Waals surface area contributed by atoms with Gasteiger partial charge in [0.15, 0.2) is 5.43 Å². The van der Waals surface area contributed by atoms with E-state index >= 15 is 0 Å². The molecule has 1 aromatic heterocycles. The van der Waals surface area contributed by atoms with Gasteiger partial charge in [0.2, 0.25) is 5.76 Å². The Bertz CT molecular complexity index is 1270. The third kappa shape index (κ3) is 3.71. The lowest BCUT2D eigenvalue weighted by Gasteiger charge is -2.31. The van der Waals surface area contributed by atoms with E-state index in [1.165, 1.54) is 0 Å². The lowest BCUT2D eigenvalue weighted by Crippen LogP contribution is -2.42. The molecule has 0 saturated carbocycles. The van der Waals surface area contributed by atoms with Crippen molar-refractivity contribution in [2.24, 2.45) is 0 Å². The Kier molecular flexibility index (Phi) is 5.72. The Morgan fingerprint density at radius 2 is 1.84 bits per heavy atom. The van der Waals surface area contributed by atoms with Gasteiger partial charge in [-0.2, -0.15) is 0 Å². The monoisotopic (exact) mass is 472 g/mol. The zero-order chi connectivity index (χ0) is 22.4. The van der Waals surface area contributed by atoms with Gasteiger partial charge in [0.05, 0.1) is 30.2 Å². The lowest BCUT2D eigenvalue weighted by molar-refractivity contribution is 0.0314. The fourth-order valence-electron chi connectivity index (χ4n) is 4.47. The zero-order valence-electron chi connectivity index (χ0n) is 17.6. The van der Waals surface area contributed by atoms with Gasteiger partial charge in [-0.15, -0.1) is 0 Å². The molecule has 3 heterocycles. The number of nitrogens with zero attached hydrogens (tertiary/aromatic N) is 2.